The maximum atomic E-state index is 12.9. The fourth-order valence-corrected chi connectivity index (χ4v) is 2.42. The first kappa shape index (κ1) is 16.9. The van der Waals surface area contributed by atoms with Crippen LogP contribution in [0.5, 0.6) is 0 Å². The number of nitrogens with zero attached hydrogens (tertiary/aromatic N) is 1. The lowest BCUT2D eigenvalue weighted by atomic mass is 10.2. The van der Waals surface area contributed by atoms with Crippen LogP contribution < -0.4 is 10.6 Å². The third-order valence-corrected chi connectivity index (χ3v) is 3.72. The predicted octanol–water partition coefficient (Wildman–Crippen LogP) is 4.74. The normalized spacial score (nSPS) is 10.3. The molecule has 1 amide bonds. The number of aromatic nitrogens is 1. The molecule has 0 aliphatic heterocycles. The van der Waals surface area contributed by atoms with Crippen molar-refractivity contribution in [3.05, 3.63) is 89.0 Å². The third-order valence-electron chi connectivity index (χ3n) is 3.48. The number of anilines is 2. The minimum absolute atomic E-state index is 0.271. The number of hydrogen-bond donors (Lipinski definition) is 2. The summed E-state index contributed by atoms with van der Waals surface area (Å²) in [5, 5.41) is 6.48. The van der Waals surface area contributed by atoms with Crippen molar-refractivity contribution in [2.24, 2.45) is 0 Å². The molecule has 2 aromatic carbocycles. The van der Waals surface area contributed by atoms with E-state index < -0.39 is 0 Å². The minimum atomic E-state index is -0.326. The summed E-state index contributed by atoms with van der Waals surface area (Å²) in [5.41, 5.74) is 2.56. The first-order valence-corrected chi connectivity index (χ1v) is 7.99. The molecule has 25 heavy (non-hydrogen) atoms. The van der Waals surface area contributed by atoms with E-state index in [1.165, 1.54) is 12.1 Å². The van der Waals surface area contributed by atoms with E-state index in [4.69, 9.17) is 11.6 Å². The molecule has 4 nitrogen and oxygen atoms in total. The largest absolute Gasteiger partial charge is 0.381 e. The summed E-state index contributed by atoms with van der Waals surface area (Å²) >= 11 is 5.91. The molecule has 6 heteroatoms. The Hall–Kier alpha value is -2.92. The van der Waals surface area contributed by atoms with Crippen molar-refractivity contribution in [1.82, 2.24) is 4.98 Å². The number of rotatable bonds is 5. The summed E-state index contributed by atoms with van der Waals surface area (Å²) in [6.07, 6.45) is 1.56. The zero-order valence-electron chi connectivity index (χ0n) is 13.2. The van der Waals surface area contributed by atoms with Gasteiger partial charge in [0.15, 0.2) is 0 Å². The SMILES string of the molecule is O=C(Nc1cccc(Cl)c1)c1cc(NCc2ccc(F)cc2)ccn1. The van der Waals surface area contributed by atoms with Crippen molar-refractivity contribution in [2.75, 3.05) is 10.6 Å². The average molecular weight is 356 g/mol. The molecule has 1 aromatic heterocycles. The zero-order valence-corrected chi connectivity index (χ0v) is 13.9. The monoisotopic (exact) mass is 355 g/mol. The Balaban J connectivity index is 1.66. The number of hydrogen-bond acceptors (Lipinski definition) is 3. The lowest BCUT2D eigenvalue weighted by molar-refractivity contribution is 0.102. The second-order valence-corrected chi connectivity index (χ2v) is 5.81. The molecular weight excluding hydrogens is 341 g/mol. The van der Waals surface area contributed by atoms with E-state index in [9.17, 15) is 9.18 Å². The van der Waals surface area contributed by atoms with Crippen molar-refractivity contribution in [3.8, 4) is 0 Å². The molecule has 0 saturated carbocycles. The van der Waals surface area contributed by atoms with Crippen LogP contribution in [0.25, 0.3) is 0 Å². The molecule has 0 radical (unpaired) electrons. The molecule has 0 bridgehead atoms. The number of amides is 1. The van der Waals surface area contributed by atoms with E-state index >= 15 is 0 Å². The van der Waals surface area contributed by atoms with Crippen LogP contribution in [0, 0.1) is 5.82 Å². The zero-order chi connectivity index (χ0) is 17.6. The standard InChI is InChI=1S/C19H15ClFN3O/c20-14-2-1-3-17(10-14)24-19(25)18-11-16(8-9-22-18)23-12-13-4-6-15(21)7-5-13/h1-11H,12H2,(H,22,23)(H,24,25). The third kappa shape index (κ3) is 4.78. The predicted molar refractivity (Wildman–Crippen MR) is 97.4 cm³/mol. The highest BCUT2D eigenvalue weighted by atomic mass is 35.5. The summed E-state index contributed by atoms with van der Waals surface area (Å²) in [4.78, 5) is 16.4. The summed E-state index contributed by atoms with van der Waals surface area (Å²) in [6.45, 7) is 0.514. The molecule has 2 N–H and O–H groups in total. The van der Waals surface area contributed by atoms with Crippen molar-refractivity contribution in [2.45, 2.75) is 6.54 Å². The summed E-state index contributed by atoms with van der Waals surface area (Å²) in [6, 6.07) is 16.6. The summed E-state index contributed by atoms with van der Waals surface area (Å²) in [5.74, 6) is -0.597. The maximum absolute atomic E-state index is 12.9. The van der Waals surface area contributed by atoms with E-state index in [0.717, 1.165) is 11.3 Å². The second kappa shape index (κ2) is 7.77. The van der Waals surface area contributed by atoms with Gasteiger partial charge < -0.3 is 10.6 Å². The van der Waals surface area contributed by atoms with E-state index in [1.807, 2.05) is 0 Å². The van der Waals surface area contributed by atoms with Crippen LogP contribution in [0.15, 0.2) is 66.9 Å². The van der Waals surface area contributed by atoms with Gasteiger partial charge in [-0.05, 0) is 48.0 Å². The lowest BCUT2D eigenvalue weighted by Crippen LogP contribution is -2.14. The van der Waals surface area contributed by atoms with E-state index in [-0.39, 0.29) is 17.4 Å². The van der Waals surface area contributed by atoms with Gasteiger partial charge in [-0.2, -0.15) is 0 Å². The van der Waals surface area contributed by atoms with Crippen molar-refractivity contribution in [1.29, 1.82) is 0 Å². The Morgan fingerprint density at radius 3 is 2.60 bits per heavy atom. The van der Waals surface area contributed by atoms with Gasteiger partial charge in [0.25, 0.3) is 5.91 Å². The molecule has 3 rings (SSSR count). The van der Waals surface area contributed by atoms with Gasteiger partial charge in [-0.3, -0.25) is 9.78 Å². The highest BCUT2D eigenvalue weighted by Crippen LogP contribution is 2.16. The number of halogens is 2. The highest BCUT2D eigenvalue weighted by molar-refractivity contribution is 6.30. The number of pyridine rings is 1. The second-order valence-electron chi connectivity index (χ2n) is 5.37. The first-order valence-electron chi connectivity index (χ1n) is 7.61. The first-order chi connectivity index (χ1) is 12.1. The van der Waals surface area contributed by atoms with Gasteiger partial charge in [0.2, 0.25) is 0 Å². The molecule has 126 valence electrons. The Morgan fingerprint density at radius 1 is 1.04 bits per heavy atom. The van der Waals surface area contributed by atoms with Crippen molar-refractivity contribution in [3.63, 3.8) is 0 Å². The van der Waals surface area contributed by atoms with Gasteiger partial charge >= 0.3 is 0 Å². The van der Waals surface area contributed by atoms with Crippen LogP contribution in [0.4, 0.5) is 15.8 Å². The molecule has 0 atom stereocenters. The molecule has 0 spiro atoms. The Morgan fingerprint density at radius 2 is 1.84 bits per heavy atom. The van der Waals surface area contributed by atoms with Gasteiger partial charge in [-0.1, -0.05) is 29.8 Å². The molecule has 0 aliphatic rings. The van der Waals surface area contributed by atoms with Crippen molar-refractivity contribution < 1.29 is 9.18 Å². The topological polar surface area (TPSA) is 54.0 Å². The molecular formula is C19H15ClFN3O. The quantitative estimate of drug-likeness (QED) is 0.695. The fourth-order valence-electron chi connectivity index (χ4n) is 2.23. The smallest absolute Gasteiger partial charge is 0.274 e. The van der Waals surface area contributed by atoms with Gasteiger partial charge in [0.05, 0.1) is 0 Å². The number of benzene rings is 2. The van der Waals surface area contributed by atoms with Crippen LogP contribution >= 0.6 is 11.6 Å². The Kier molecular flexibility index (Phi) is 5.26. The van der Waals surface area contributed by atoms with Crippen LogP contribution in [0.2, 0.25) is 5.02 Å². The number of nitrogens with one attached hydrogen (secondary N) is 2. The maximum Gasteiger partial charge on any atom is 0.274 e. The summed E-state index contributed by atoms with van der Waals surface area (Å²) in [7, 11) is 0. The molecule has 0 saturated heterocycles. The van der Waals surface area contributed by atoms with E-state index in [2.05, 4.69) is 15.6 Å². The number of carbonyl (C=O) groups is 1. The van der Waals surface area contributed by atoms with Crippen molar-refractivity contribution >= 4 is 28.9 Å². The van der Waals surface area contributed by atoms with Crippen LogP contribution in [-0.4, -0.2) is 10.9 Å². The Bertz CT molecular complexity index is 884. The molecule has 1 heterocycles. The van der Waals surface area contributed by atoms with Gasteiger partial charge in [-0.25, -0.2) is 4.39 Å². The van der Waals surface area contributed by atoms with E-state index in [1.54, 1.807) is 54.7 Å². The van der Waals surface area contributed by atoms with Gasteiger partial charge in [0, 0.05) is 29.1 Å². The molecule has 3 aromatic rings. The van der Waals surface area contributed by atoms with E-state index in [0.29, 0.717) is 17.3 Å². The number of carbonyl (C=O) groups excluding carboxylic acids is 1. The molecule has 0 aliphatic carbocycles. The van der Waals surface area contributed by atoms with Crippen LogP contribution in [0.3, 0.4) is 0 Å². The highest BCUT2D eigenvalue weighted by Gasteiger charge is 2.09. The molecule has 0 unspecified atom stereocenters. The van der Waals surface area contributed by atoms with Gasteiger partial charge in [-0.15, -0.1) is 0 Å². The average Bonchev–Trinajstić information content (AvgIpc) is 2.61. The molecule has 0 fully saturated rings. The van der Waals surface area contributed by atoms with Gasteiger partial charge in [0.1, 0.15) is 11.5 Å². The van der Waals surface area contributed by atoms with Crippen LogP contribution in [-0.2, 0) is 6.54 Å². The fraction of sp³-hybridized carbons (Fsp3) is 0.0526. The Labute approximate surface area is 149 Å². The lowest BCUT2D eigenvalue weighted by Gasteiger charge is -2.09. The van der Waals surface area contributed by atoms with Crippen LogP contribution in [0.1, 0.15) is 16.1 Å². The minimum Gasteiger partial charge on any atom is -0.381 e. The summed E-state index contributed by atoms with van der Waals surface area (Å²) < 4.78 is 12.9.